The standard InChI is InChI=1S/C18H27FO2/c1-2-3-4-5-6-7-8-9-13-17(18(20)21)15-11-10-12-16(19)14-15/h10-12,14,17H,2-9,13H2,1H3,(H,20,21). The molecule has 118 valence electrons. The van der Waals surface area contributed by atoms with Gasteiger partial charge in [0.25, 0.3) is 0 Å². The first-order valence-corrected chi connectivity index (χ1v) is 8.13. The largest absolute Gasteiger partial charge is 0.481 e. The van der Waals surface area contributed by atoms with Crippen LogP contribution in [0.2, 0.25) is 0 Å². The summed E-state index contributed by atoms with van der Waals surface area (Å²) in [6.07, 6.45) is 10.1. The molecule has 1 aromatic carbocycles. The SMILES string of the molecule is CCCCCCCCCCC(C(=O)O)c1cccc(F)c1. The van der Waals surface area contributed by atoms with Gasteiger partial charge in [0.05, 0.1) is 5.92 Å². The smallest absolute Gasteiger partial charge is 0.310 e. The van der Waals surface area contributed by atoms with Crippen LogP contribution < -0.4 is 0 Å². The Balaban J connectivity index is 2.28. The second kappa shape index (κ2) is 10.4. The van der Waals surface area contributed by atoms with Crippen molar-refractivity contribution in [3.63, 3.8) is 0 Å². The highest BCUT2D eigenvalue weighted by atomic mass is 19.1. The molecule has 0 fully saturated rings. The van der Waals surface area contributed by atoms with E-state index in [1.54, 1.807) is 12.1 Å². The predicted molar refractivity (Wildman–Crippen MR) is 84.0 cm³/mol. The zero-order valence-electron chi connectivity index (χ0n) is 13.0. The number of aliphatic carboxylic acids is 1. The quantitative estimate of drug-likeness (QED) is 0.545. The minimum absolute atomic E-state index is 0.366. The van der Waals surface area contributed by atoms with E-state index in [2.05, 4.69) is 6.92 Å². The van der Waals surface area contributed by atoms with Crippen LogP contribution in [0.5, 0.6) is 0 Å². The molecular formula is C18H27FO2. The van der Waals surface area contributed by atoms with Gasteiger partial charge in [-0.05, 0) is 24.1 Å². The summed E-state index contributed by atoms with van der Waals surface area (Å²) in [6, 6.07) is 5.96. The van der Waals surface area contributed by atoms with Gasteiger partial charge in [0.2, 0.25) is 0 Å². The molecule has 0 bridgehead atoms. The van der Waals surface area contributed by atoms with E-state index in [4.69, 9.17) is 0 Å². The molecule has 0 saturated carbocycles. The molecule has 0 aromatic heterocycles. The number of carbonyl (C=O) groups is 1. The summed E-state index contributed by atoms with van der Waals surface area (Å²) >= 11 is 0. The summed E-state index contributed by atoms with van der Waals surface area (Å²) in [5.74, 6) is -1.81. The number of rotatable bonds is 11. The molecule has 21 heavy (non-hydrogen) atoms. The Kier molecular flexibility index (Phi) is 8.72. The van der Waals surface area contributed by atoms with Crippen molar-refractivity contribution in [1.29, 1.82) is 0 Å². The maximum Gasteiger partial charge on any atom is 0.310 e. The van der Waals surface area contributed by atoms with Gasteiger partial charge in [-0.1, -0.05) is 70.4 Å². The molecule has 0 aliphatic carbocycles. The lowest BCUT2D eigenvalue weighted by molar-refractivity contribution is -0.139. The third-order valence-electron chi connectivity index (χ3n) is 3.90. The Morgan fingerprint density at radius 2 is 1.71 bits per heavy atom. The van der Waals surface area contributed by atoms with Crippen molar-refractivity contribution in [2.45, 2.75) is 70.6 Å². The van der Waals surface area contributed by atoms with Crippen molar-refractivity contribution in [2.75, 3.05) is 0 Å². The molecule has 2 nitrogen and oxygen atoms in total. The molecule has 1 rings (SSSR count). The summed E-state index contributed by atoms with van der Waals surface area (Å²) in [5.41, 5.74) is 0.574. The van der Waals surface area contributed by atoms with Crippen LogP contribution in [0, 0.1) is 5.82 Å². The van der Waals surface area contributed by atoms with E-state index in [1.807, 2.05) is 0 Å². The van der Waals surface area contributed by atoms with E-state index >= 15 is 0 Å². The van der Waals surface area contributed by atoms with Crippen LogP contribution in [0.1, 0.15) is 76.2 Å². The average Bonchev–Trinajstić information content (AvgIpc) is 2.45. The number of carboxylic acid groups (broad SMARTS) is 1. The summed E-state index contributed by atoms with van der Waals surface area (Å²) in [6.45, 7) is 2.21. The molecule has 3 heteroatoms. The van der Waals surface area contributed by atoms with Crippen molar-refractivity contribution in [2.24, 2.45) is 0 Å². The molecule has 0 saturated heterocycles. The first kappa shape index (κ1) is 17.7. The molecule has 0 spiro atoms. The highest BCUT2D eigenvalue weighted by molar-refractivity contribution is 5.75. The van der Waals surface area contributed by atoms with Crippen LogP contribution in [-0.2, 0) is 4.79 Å². The summed E-state index contributed by atoms with van der Waals surface area (Å²) in [7, 11) is 0. The Hall–Kier alpha value is -1.38. The lowest BCUT2D eigenvalue weighted by Gasteiger charge is -2.12. The number of halogens is 1. The van der Waals surface area contributed by atoms with Crippen molar-refractivity contribution in [3.8, 4) is 0 Å². The Morgan fingerprint density at radius 1 is 1.10 bits per heavy atom. The van der Waals surface area contributed by atoms with Gasteiger partial charge in [0.15, 0.2) is 0 Å². The molecule has 0 aliphatic rings. The molecule has 0 aliphatic heterocycles. The van der Waals surface area contributed by atoms with E-state index in [0.717, 1.165) is 12.8 Å². The Bertz CT molecular complexity index is 417. The second-order valence-corrected chi connectivity index (χ2v) is 5.71. The van der Waals surface area contributed by atoms with E-state index < -0.39 is 11.9 Å². The Morgan fingerprint density at radius 3 is 2.29 bits per heavy atom. The first-order valence-electron chi connectivity index (χ1n) is 8.13. The van der Waals surface area contributed by atoms with Gasteiger partial charge in [-0.2, -0.15) is 0 Å². The topological polar surface area (TPSA) is 37.3 Å². The van der Waals surface area contributed by atoms with Gasteiger partial charge in [-0.15, -0.1) is 0 Å². The van der Waals surface area contributed by atoms with Crippen LogP contribution in [0.15, 0.2) is 24.3 Å². The fraction of sp³-hybridized carbons (Fsp3) is 0.611. The van der Waals surface area contributed by atoms with Crippen molar-refractivity contribution in [1.82, 2.24) is 0 Å². The van der Waals surface area contributed by atoms with E-state index in [-0.39, 0.29) is 5.82 Å². The molecule has 0 radical (unpaired) electrons. The summed E-state index contributed by atoms with van der Waals surface area (Å²) in [5, 5.41) is 9.29. The van der Waals surface area contributed by atoms with E-state index in [1.165, 1.54) is 50.7 Å². The van der Waals surface area contributed by atoms with Crippen molar-refractivity contribution in [3.05, 3.63) is 35.6 Å². The normalized spacial score (nSPS) is 12.3. The van der Waals surface area contributed by atoms with E-state index in [0.29, 0.717) is 12.0 Å². The maximum absolute atomic E-state index is 13.2. The molecular weight excluding hydrogens is 267 g/mol. The first-order chi connectivity index (χ1) is 10.1. The van der Waals surface area contributed by atoms with Crippen molar-refractivity contribution < 1.29 is 14.3 Å². The average molecular weight is 294 g/mol. The molecule has 0 amide bonds. The number of hydrogen-bond donors (Lipinski definition) is 1. The third-order valence-corrected chi connectivity index (χ3v) is 3.90. The van der Waals surface area contributed by atoms with Gasteiger partial charge in [0.1, 0.15) is 5.82 Å². The number of carboxylic acids is 1. The fourth-order valence-corrected chi connectivity index (χ4v) is 2.64. The molecule has 1 N–H and O–H groups in total. The highest BCUT2D eigenvalue weighted by Crippen LogP contribution is 2.24. The Labute approximate surface area is 127 Å². The monoisotopic (exact) mass is 294 g/mol. The summed E-state index contributed by atoms with van der Waals surface area (Å²) < 4.78 is 13.2. The minimum atomic E-state index is -0.858. The van der Waals surface area contributed by atoms with Gasteiger partial charge in [-0.25, -0.2) is 4.39 Å². The lowest BCUT2D eigenvalue weighted by atomic mass is 9.93. The third kappa shape index (κ3) is 7.26. The molecule has 1 aromatic rings. The van der Waals surface area contributed by atoms with E-state index in [9.17, 15) is 14.3 Å². The zero-order chi connectivity index (χ0) is 15.5. The van der Waals surface area contributed by atoms with Crippen LogP contribution in [0.4, 0.5) is 4.39 Å². The van der Waals surface area contributed by atoms with Gasteiger partial charge < -0.3 is 5.11 Å². The minimum Gasteiger partial charge on any atom is -0.481 e. The van der Waals surface area contributed by atoms with Crippen LogP contribution in [-0.4, -0.2) is 11.1 Å². The zero-order valence-corrected chi connectivity index (χ0v) is 13.0. The summed E-state index contributed by atoms with van der Waals surface area (Å²) in [4.78, 5) is 11.3. The molecule has 0 heterocycles. The van der Waals surface area contributed by atoms with Gasteiger partial charge >= 0.3 is 5.97 Å². The maximum atomic E-state index is 13.2. The fourth-order valence-electron chi connectivity index (χ4n) is 2.64. The van der Waals surface area contributed by atoms with Crippen molar-refractivity contribution >= 4 is 5.97 Å². The lowest BCUT2D eigenvalue weighted by Crippen LogP contribution is -2.11. The van der Waals surface area contributed by atoms with Gasteiger partial charge in [-0.3, -0.25) is 4.79 Å². The van der Waals surface area contributed by atoms with Crippen LogP contribution in [0.25, 0.3) is 0 Å². The highest BCUT2D eigenvalue weighted by Gasteiger charge is 2.19. The van der Waals surface area contributed by atoms with Gasteiger partial charge in [0, 0.05) is 0 Å². The number of benzene rings is 1. The second-order valence-electron chi connectivity index (χ2n) is 5.71. The molecule has 1 unspecified atom stereocenters. The van der Waals surface area contributed by atoms with Crippen LogP contribution in [0.3, 0.4) is 0 Å². The number of unbranched alkanes of at least 4 members (excludes halogenated alkanes) is 7. The molecule has 1 atom stereocenters. The number of hydrogen-bond acceptors (Lipinski definition) is 1. The van der Waals surface area contributed by atoms with Crippen LogP contribution >= 0.6 is 0 Å². The predicted octanol–water partition coefficient (Wildman–Crippen LogP) is 5.52.